The Morgan fingerprint density at radius 1 is 1.47 bits per heavy atom. The number of nitrogens with one attached hydrogen (secondary N) is 1. The minimum absolute atomic E-state index is 0.139. The number of carbonyl (C=O) groups is 1. The van der Waals surface area contributed by atoms with Gasteiger partial charge in [-0.05, 0) is 58.0 Å². The number of ether oxygens (including phenoxy) is 1. The smallest absolute Gasteiger partial charge is 0.222 e. The zero-order valence-electron chi connectivity index (χ0n) is 12.4. The Labute approximate surface area is 116 Å². The van der Waals surface area contributed by atoms with E-state index >= 15 is 0 Å². The van der Waals surface area contributed by atoms with E-state index in [-0.39, 0.29) is 5.60 Å². The molecule has 0 aliphatic carbocycles. The molecule has 2 fully saturated rings. The van der Waals surface area contributed by atoms with E-state index in [2.05, 4.69) is 12.2 Å². The standard InChI is InChI=1S/C15H28N2O2/c1-15(19-2)8-4-10-17(12-15)14(18)7-6-13-5-3-9-16-11-13/h13,16H,3-12H2,1-2H3. The number of nitrogens with zero attached hydrogens (tertiary/aromatic N) is 1. The van der Waals surface area contributed by atoms with Gasteiger partial charge in [0.15, 0.2) is 0 Å². The molecule has 1 amide bonds. The van der Waals surface area contributed by atoms with E-state index in [0.29, 0.717) is 18.2 Å². The lowest BCUT2D eigenvalue weighted by molar-refractivity contribution is -0.139. The van der Waals surface area contributed by atoms with Crippen molar-refractivity contribution in [1.82, 2.24) is 10.2 Å². The summed E-state index contributed by atoms with van der Waals surface area (Å²) in [6.07, 6.45) is 6.37. The molecule has 19 heavy (non-hydrogen) atoms. The minimum Gasteiger partial charge on any atom is -0.377 e. The predicted molar refractivity (Wildman–Crippen MR) is 76.1 cm³/mol. The summed E-state index contributed by atoms with van der Waals surface area (Å²) in [4.78, 5) is 14.3. The Hall–Kier alpha value is -0.610. The van der Waals surface area contributed by atoms with Crippen molar-refractivity contribution in [3.8, 4) is 0 Å². The van der Waals surface area contributed by atoms with Gasteiger partial charge in [-0.15, -0.1) is 0 Å². The molecule has 0 aromatic heterocycles. The summed E-state index contributed by atoms with van der Waals surface area (Å²) in [6, 6.07) is 0. The van der Waals surface area contributed by atoms with Gasteiger partial charge in [-0.2, -0.15) is 0 Å². The van der Waals surface area contributed by atoms with Crippen molar-refractivity contribution in [2.75, 3.05) is 33.3 Å². The highest BCUT2D eigenvalue weighted by atomic mass is 16.5. The van der Waals surface area contributed by atoms with Crippen LogP contribution in [-0.4, -0.2) is 49.7 Å². The lowest BCUT2D eigenvalue weighted by atomic mass is 9.92. The van der Waals surface area contributed by atoms with E-state index in [1.807, 2.05) is 4.90 Å². The Morgan fingerprint density at radius 2 is 2.32 bits per heavy atom. The number of amides is 1. The van der Waals surface area contributed by atoms with Crippen LogP contribution in [0.4, 0.5) is 0 Å². The number of hydrogen-bond acceptors (Lipinski definition) is 3. The van der Waals surface area contributed by atoms with Crippen LogP contribution in [0.2, 0.25) is 0 Å². The van der Waals surface area contributed by atoms with Crippen LogP contribution in [0.1, 0.15) is 45.4 Å². The van der Waals surface area contributed by atoms with Crippen LogP contribution in [0.3, 0.4) is 0 Å². The summed E-state index contributed by atoms with van der Waals surface area (Å²) < 4.78 is 5.55. The second-order valence-electron chi connectivity index (χ2n) is 6.32. The summed E-state index contributed by atoms with van der Waals surface area (Å²) in [7, 11) is 1.75. The lowest BCUT2D eigenvalue weighted by Crippen LogP contribution is -2.49. The van der Waals surface area contributed by atoms with Gasteiger partial charge in [0.1, 0.15) is 0 Å². The summed E-state index contributed by atoms with van der Waals surface area (Å²) in [5.41, 5.74) is -0.139. The number of carbonyl (C=O) groups excluding carboxylic acids is 1. The van der Waals surface area contributed by atoms with Crippen LogP contribution in [0.5, 0.6) is 0 Å². The number of rotatable bonds is 4. The van der Waals surface area contributed by atoms with E-state index < -0.39 is 0 Å². The van der Waals surface area contributed by atoms with E-state index in [1.54, 1.807) is 7.11 Å². The lowest BCUT2D eigenvalue weighted by Gasteiger charge is -2.39. The molecule has 0 bridgehead atoms. The zero-order chi connectivity index (χ0) is 13.7. The number of likely N-dealkylation sites (tertiary alicyclic amines) is 1. The van der Waals surface area contributed by atoms with E-state index in [9.17, 15) is 4.79 Å². The first-order chi connectivity index (χ1) is 9.13. The van der Waals surface area contributed by atoms with Crippen molar-refractivity contribution < 1.29 is 9.53 Å². The van der Waals surface area contributed by atoms with Crippen LogP contribution in [0.25, 0.3) is 0 Å². The van der Waals surface area contributed by atoms with Gasteiger partial charge in [-0.3, -0.25) is 4.79 Å². The Balaban J connectivity index is 1.76. The summed E-state index contributed by atoms with van der Waals surface area (Å²) in [5, 5.41) is 3.42. The van der Waals surface area contributed by atoms with Crippen LogP contribution >= 0.6 is 0 Å². The second kappa shape index (κ2) is 6.71. The third-order valence-corrected chi connectivity index (χ3v) is 4.67. The van der Waals surface area contributed by atoms with Crippen molar-refractivity contribution in [2.24, 2.45) is 5.92 Å². The molecular weight excluding hydrogens is 240 g/mol. The highest BCUT2D eigenvalue weighted by Gasteiger charge is 2.32. The van der Waals surface area contributed by atoms with Crippen molar-refractivity contribution >= 4 is 5.91 Å². The SMILES string of the molecule is COC1(C)CCCN(C(=O)CCC2CCCNC2)C1. The molecule has 2 atom stereocenters. The third kappa shape index (κ3) is 4.18. The maximum Gasteiger partial charge on any atom is 0.222 e. The summed E-state index contributed by atoms with van der Waals surface area (Å²) >= 11 is 0. The molecule has 4 heteroatoms. The first-order valence-electron chi connectivity index (χ1n) is 7.67. The van der Waals surface area contributed by atoms with Gasteiger partial charge in [0, 0.05) is 26.6 Å². The van der Waals surface area contributed by atoms with Crippen LogP contribution < -0.4 is 5.32 Å². The van der Waals surface area contributed by atoms with Gasteiger partial charge < -0.3 is 15.0 Å². The fourth-order valence-electron chi connectivity index (χ4n) is 3.24. The normalized spacial score (nSPS) is 32.3. The second-order valence-corrected chi connectivity index (χ2v) is 6.32. The highest BCUT2D eigenvalue weighted by Crippen LogP contribution is 2.25. The third-order valence-electron chi connectivity index (χ3n) is 4.67. The maximum absolute atomic E-state index is 12.3. The number of hydrogen-bond donors (Lipinski definition) is 1. The first kappa shape index (κ1) is 14.8. The summed E-state index contributed by atoms with van der Waals surface area (Å²) in [6.45, 7) is 6.00. The number of piperidine rings is 2. The number of methoxy groups -OCH3 is 1. The molecule has 2 rings (SSSR count). The maximum atomic E-state index is 12.3. The van der Waals surface area contributed by atoms with Gasteiger partial charge in [0.25, 0.3) is 0 Å². The largest absolute Gasteiger partial charge is 0.377 e. The molecule has 0 radical (unpaired) electrons. The molecule has 2 unspecified atom stereocenters. The van der Waals surface area contributed by atoms with Crippen LogP contribution in [0.15, 0.2) is 0 Å². The molecule has 0 spiro atoms. The average molecular weight is 268 g/mol. The quantitative estimate of drug-likeness (QED) is 0.845. The Bertz CT molecular complexity index is 303. The van der Waals surface area contributed by atoms with E-state index in [1.165, 1.54) is 12.8 Å². The Morgan fingerprint density at radius 3 is 3.00 bits per heavy atom. The van der Waals surface area contributed by atoms with Crippen molar-refractivity contribution in [2.45, 2.75) is 51.0 Å². The van der Waals surface area contributed by atoms with Crippen LogP contribution in [0, 0.1) is 5.92 Å². The molecule has 110 valence electrons. The van der Waals surface area contributed by atoms with E-state index in [0.717, 1.165) is 45.4 Å². The first-order valence-corrected chi connectivity index (χ1v) is 7.67. The molecule has 2 aliphatic heterocycles. The van der Waals surface area contributed by atoms with Gasteiger partial charge in [-0.1, -0.05) is 0 Å². The monoisotopic (exact) mass is 268 g/mol. The fourth-order valence-corrected chi connectivity index (χ4v) is 3.24. The molecular formula is C15H28N2O2. The van der Waals surface area contributed by atoms with Crippen molar-refractivity contribution in [3.05, 3.63) is 0 Å². The molecule has 4 nitrogen and oxygen atoms in total. The minimum atomic E-state index is -0.139. The fraction of sp³-hybridized carbons (Fsp3) is 0.933. The molecule has 2 aliphatic rings. The van der Waals surface area contributed by atoms with Crippen molar-refractivity contribution in [1.29, 1.82) is 0 Å². The van der Waals surface area contributed by atoms with Gasteiger partial charge in [0.05, 0.1) is 5.60 Å². The molecule has 2 saturated heterocycles. The summed E-state index contributed by atoms with van der Waals surface area (Å²) in [5.74, 6) is 1.00. The molecule has 0 aromatic carbocycles. The molecule has 1 N–H and O–H groups in total. The van der Waals surface area contributed by atoms with Gasteiger partial charge in [0.2, 0.25) is 5.91 Å². The Kier molecular flexibility index (Phi) is 5.22. The zero-order valence-corrected chi connectivity index (χ0v) is 12.4. The van der Waals surface area contributed by atoms with Gasteiger partial charge in [-0.25, -0.2) is 0 Å². The van der Waals surface area contributed by atoms with E-state index in [4.69, 9.17) is 4.74 Å². The topological polar surface area (TPSA) is 41.6 Å². The highest BCUT2D eigenvalue weighted by molar-refractivity contribution is 5.76. The van der Waals surface area contributed by atoms with Gasteiger partial charge >= 0.3 is 0 Å². The molecule has 0 saturated carbocycles. The molecule has 2 heterocycles. The average Bonchev–Trinajstić information content (AvgIpc) is 2.46. The van der Waals surface area contributed by atoms with Crippen LogP contribution in [-0.2, 0) is 9.53 Å². The molecule has 0 aromatic rings. The predicted octanol–water partition coefficient (Wildman–Crippen LogP) is 1.79. The van der Waals surface area contributed by atoms with Crippen molar-refractivity contribution in [3.63, 3.8) is 0 Å².